The molecule has 2 aromatic rings. The van der Waals surface area contributed by atoms with Crippen molar-refractivity contribution < 1.29 is 27.8 Å². The SMILES string of the molecule is COCCn1c(=O)/c(=C\c2ccc(OC(F)F)cc2)s/c1=C(\C#N)C(=O)N1CCOCC1. The molecule has 2 heterocycles. The fraction of sp³-hybridized carbons (Fsp3) is 0.381. The lowest BCUT2D eigenvalue weighted by Crippen LogP contribution is -2.43. The van der Waals surface area contributed by atoms with Crippen LogP contribution in [0.2, 0.25) is 0 Å². The summed E-state index contributed by atoms with van der Waals surface area (Å²) in [4.78, 5) is 27.5. The fourth-order valence-corrected chi connectivity index (χ4v) is 4.22. The van der Waals surface area contributed by atoms with E-state index in [1.165, 1.54) is 40.8 Å². The summed E-state index contributed by atoms with van der Waals surface area (Å²) in [6.45, 7) is -1.05. The van der Waals surface area contributed by atoms with Gasteiger partial charge in [0.2, 0.25) is 0 Å². The highest BCUT2D eigenvalue weighted by Crippen LogP contribution is 2.15. The van der Waals surface area contributed by atoms with E-state index < -0.39 is 12.5 Å². The highest BCUT2D eigenvalue weighted by Gasteiger charge is 2.23. The number of methoxy groups -OCH3 is 1. The largest absolute Gasteiger partial charge is 0.435 e. The van der Waals surface area contributed by atoms with Crippen molar-refractivity contribution in [3.8, 4) is 11.8 Å². The van der Waals surface area contributed by atoms with E-state index in [0.29, 0.717) is 36.4 Å². The molecule has 0 N–H and O–H groups in total. The van der Waals surface area contributed by atoms with Gasteiger partial charge in [0.15, 0.2) is 5.57 Å². The van der Waals surface area contributed by atoms with Crippen LogP contribution in [-0.2, 0) is 20.8 Å². The third-order valence-corrected chi connectivity index (χ3v) is 5.80. The molecule has 170 valence electrons. The number of ether oxygens (including phenoxy) is 3. The summed E-state index contributed by atoms with van der Waals surface area (Å²) in [5.74, 6) is -0.457. The zero-order valence-corrected chi connectivity index (χ0v) is 18.1. The summed E-state index contributed by atoms with van der Waals surface area (Å²) < 4.78 is 41.2. The van der Waals surface area contributed by atoms with Crippen molar-refractivity contribution in [1.82, 2.24) is 9.47 Å². The number of nitriles is 1. The molecule has 8 nitrogen and oxygen atoms in total. The van der Waals surface area contributed by atoms with Crippen LogP contribution in [-0.4, -0.2) is 62.0 Å². The molecule has 0 spiro atoms. The third-order valence-electron chi connectivity index (χ3n) is 4.67. The molecular formula is C21H21F2N3O5S. The van der Waals surface area contributed by atoms with Gasteiger partial charge in [-0.3, -0.25) is 14.2 Å². The van der Waals surface area contributed by atoms with Crippen LogP contribution in [0.15, 0.2) is 29.1 Å². The summed E-state index contributed by atoms with van der Waals surface area (Å²) in [5.41, 5.74) is 0.0799. The van der Waals surface area contributed by atoms with Crippen LogP contribution in [0.3, 0.4) is 0 Å². The van der Waals surface area contributed by atoms with Gasteiger partial charge in [-0.1, -0.05) is 12.1 Å². The number of carbonyl (C=O) groups excluding carboxylic acids is 1. The van der Waals surface area contributed by atoms with Crippen LogP contribution >= 0.6 is 11.3 Å². The van der Waals surface area contributed by atoms with E-state index in [9.17, 15) is 23.6 Å². The van der Waals surface area contributed by atoms with Crippen molar-refractivity contribution in [1.29, 1.82) is 5.26 Å². The highest BCUT2D eigenvalue weighted by molar-refractivity contribution is 7.07. The van der Waals surface area contributed by atoms with Gasteiger partial charge in [0, 0.05) is 20.2 Å². The van der Waals surface area contributed by atoms with Gasteiger partial charge in [-0.05, 0) is 23.8 Å². The van der Waals surface area contributed by atoms with E-state index in [1.807, 2.05) is 6.07 Å². The Kier molecular flexibility index (Phi) is 8.10. The normalized spacial score (nSPS) is 15.6. The van der Waals surface area contributed by atoms with Gasteiger partial charge in [0.1, 0.15) is 16.5 Å². The molecule has 3 rings (SSSR count). The first kappa shape index (κ1) is 23.6. The van der Waals surface area contributed by atoms with Crippen molar-refractivity contribution in [2.24, 2.45) is 0 Å². The molecule has 32 heavy (non-hydrogen) atoms. The van der Waals surface area contributed by atoms with Crippen molar-refractivity contribution in [3.05, 3.63) is 49.4 Å². The molecule has 0 unspecified atom stereocenters. The number of rotatable bonds is 7. The monoisotopic (exact) mass is 465 g/mol. The zero-order valence-electron chi connectivity index (χ0n) is 17.3. The number of amides is 1. The molecule has 1 fully saturated rings. The predicted molar refractivity (Wildman–Crippen MR) is 113 cm³/mol. The van der Waals surface area contributed by atoms with E-state index in [4.69, 9.17) is 9.47 Å². The standard InChI is InChI=1S/C21H21F2N3O5S/c1-29-9-8-26-19(28)17(12-14-2-4-15(5-3-14)31-21(22)23)32-20(26)16(13-24)18(27)25-6-10-30-11-7-25/h2-5,12,21H,6-11H2,1H3/b17-12+,20-16+. The number of hydrogen-bond donors (Lipinski definition) is 0. The lowest BCUT2D eigenvalue weighted by molar-refractivity contribution is -0.128. The van der Waals surface area contributed by atoms with Crippen LogP contribution in [0, 0.1) is 11.3 Å². The number of nitrogens with zero attached hydrogens (tertiary/aromatic N) is 3. The number of alkyl halides is 2. The first-order chi connectivity index (χ1) is 15.4. The van der Waals surface area contributed by atoms with Crippen LogP contribution < -0.4 is 19.5 Å². The van der Waals surface area contributed by atoms with E-state index in [0.717, 1.165) is 11.3 Å². The Balaban J connectivity index is 2.08. The first-order valence-electron chi connectivity index (χ1n) is 9.71. The quantitative estimate of drug-likeness (QED) is 0.592. The van der Waals surface area contributed by atoms with Crippen LogP contribution in [0.4, 0.5) is 8.78 Å². The molecule has 0 radical (unpaired) electrons. The summed E-state index contributed by atoms with van der Waals surface area (Å²) in [7, 11) is 1.49. The van der Waals surface area contributed by atoms with Crippen molar-refractivity contribution in [2.75, 3.05) is 40.0 Å². The van der Waals surface area contributed by atoms with Gasteiger partial charge < -0.3 is 19.1 Å². The van der Waals surface area contributed by atoms with E-state index in [-0.39, 0.29) is 34.7 Å². The smallest absolute Gasteiger partial charge is 0.387 e. The Hall–Kier alpha value is -3.07. The molecule has 0 bridgehead atoms. The minimum atomic E-state index is -2.93. The molecule has 0 saturated carbocycles. The summed E-state index contributed by atoms with van der Waals surface area (Å²) in [6, 6.07) is 7.75. The molecule has 1 aliphatic heterocycles. The van der Waals surface area contributed by atoms with Gasteiger partial charge in [-0.2, -0.15) is 14.0 Å². The van der Waals surface area contributed by atoms with Crippen LogP contribution in [0.1, 0.15) is 5.56 Å². The van der Waals surface area contributed by atoms with Gasteiger partial charge >= 0.3 is 6.61 Å². The second-order valence-corrected chi connectivity index (χ2v) is 7.73. The van der Waals surface area contributed by atoms with E-state index in [1.54, 1.807) is 6.08 Å². The highest BCUT2D eigenvalue weighted by atomic mass is 32.1. The average Bonchev–Trinajstić information content (AvgIpc) is 3.09. The van der Waals surface area contributed by atoms with Crippen molar-refractivity contribution in [3.63, 3.8) is 0 Å². The maximum atomic E-state index is 13.0. The molecule has 1 aliphatic rings. The van der Waals surface area contributed by atoms with Crippen molar-refractivity contribution in [2.45, 2.75) is 13.2 Å². The van der Waals surface area contributed by atoms with Gasteiger partial charge in [0.05, 0.1) is 30.9 Å². The second-order valence-electron chi connectivity index (χ2n) is 6.70. The summed E-state index contributed by atoms with van der Waals surface area (Å²) in [6.07, 6.45) is 1.57. The molecular weight excluding hydrogens is 444 g/mol. The Labute approximate surface area is 186 Å². The third kappa shape index (κ3) is 5.59. The Morgan fingerprint density at radius 2 is 2.00 bits per heavy atom. The fourth-order valence-electron chi connectivity index (χ4n) is 3.10. The molecule has 1 aromatic carbocycles. The Morgan fingerprint density at radius 3 is 2.59 bits per heavy atom. The summed E-state index contributed by atoms with van der Waals surface area (Å²) in [5, 5.41) is 9.73. The molecule has 0 atom stereocenters. The van der Waals surface area contributed by atoms with Gasteiger partial charge in [0.25, 0.3) is 11.5 Å². The number of hydrogen-bond acceptors (Lipinski definition) is 7. The Morgan fingerprint density at radius 1 is 1.31 bits per heavy atom. The molecule has 11 heteroatoms. The number of morpholine rings is 1. The maximum absolute atomic E-state index is 13.0. The number of carbonyl (C=O) groups is 1. The number of thiazole rings is 1. The van der Waals surface area contributed by atoms with Gasteiger partial charge in [-0.15, -0.1) is 11.3 Å². The Bertz CT molecular complexity index is 1160. The first-order valence-corrected chi connectivity index (χ1v) is 10.5. The molecule has 1 saturated heterocycles. The number of benzene rings is 1. The lowest BCUT2D eigenvalue weighted by Gasteiger charge is -2.26. The number of halogens is 2. The van der Waals surface area contributed by atoms with Crippen LogP contribution in [0.5, 0.6) is 5.75 Å². The van der Waals surface area contributed by atoms with Crippen molar-refractivity contribution >= 4 is 28.9 Å². The second kappa shape index (κ2) is 11.0. The minimum Gasteiger partial charge on any atom is -0.435 e. The summed E-state index contributed by atoms with van der Waals surface area (Å²) >= 11 is 1.02. The minimum absolute atomic E-state index is 0.00210. The molecule has 1 aromatic heterocycles. The van der Waals surface area contributed by atoms with E-state index in [2.05, 4.69) is 4.74 Å². The molecule has 0 aliphatic carbocycles. The van der Waals surface area contributed by atoms with Gasteiger partial charge in [-0.25, -0.2) is 0 Å². The molecule has 1 amide bonds. The maximum Gasteiger partial charge on any atom is 0.387 e. The average molecular weight is 465 g/mol. The zero-order chi connectivity index (χ0) is 23.1. The van der Waals surface area contributed by atoms with Crippen LogP contribution in [0.25, 0.3) is 11.6 Å². The number of aromatic nitrogens is 1. The predicted octanol–water partition coefficient (Wildman–Crippen LogP) is 0.519. The topological polar surface area (TPSA) is 93.8 Å². The lowest BCUT2D eigenvalue weighted by atomic mass is 10.2. The van der Waals surface area contributed by atoms with E-state index >= 15 is 0 Å².